The molecule has 1 fully saturated rings. The summed E-state index contributed by atoms with van der Waals surface area (Å²) in [7, 11) is 0. The van der Waals surface area contributed by atoms with Gasteiger partial charge in [0.25, 0.3) is 5.91 Å². The largest absolute Gasteiger partial charge is 0.382 e. The van der Waals surface area contributed by atoms with E-state index in [4.69, 9.17) is 10.5 Å². The molecule has 0 unspecified atom stereocenters. The summed E-state index contributed by atoms with van der Waals surface area (Å²) in [5.41, 5.74) is 5.86. The fourth-order valence-corrected chi connectivity index (χ4v) is 2.01. The molecular formula is C11H16N4O2. The zero-order chi connectivity index (χ0) is 12.4. The lowest BCUT2D eigenvalue weighted by atomic mass is 10.2. The highest BCUT2D eigenvalue weighted by Crippen LogP contribution is 2.15. The molecule has 1 aliphatic heterocycles. The number of nitrogens with zero attached hydrogens (tertiary/aromatic N) is 3. The van der Waals surface area contributed by atoms with E-state index in [-0.39, 0.29) is 29.6 Å². The summed E-state index contributed by atoms with van der Waals surface area (Å²) in [6.45, 7) is 4.99. The summed E-state index contributed by atoms with van der Waals surface area (Å²) < 4.78 is 5.57. The molecule has 0 bridgehead atoms. The molecule has 2 heterocycles. The lowest BCUT2D eigenvalue weighted by Gasteiger charge is -2.35. The van der Waals surface area contributed by atoms with E-state index in [0.717, 1.165) is 0 Å². The first-order valence-electron chi connectivity index (χ1n) is 5.59. The maximum absolute atomic E-state index is 12.2. The Labute approximate surface area is 99.8 Å². The van der Waals surface area contributed by atoms with E-state index in [1.54, 1.807) is 4.90 Å². The van der Waals surface area contributed by atoms with Gasteiger partial charge in [0, 0.05) is 25.5 Å². The minimum atomic E-state index is -0.183. The van der Waals surface area contributed by atoms with Crippen molar-refractivity contribution in [2.45, 2.75) is 26.1 Å². The van der Waals surface area contributed by atoms with Crippen molar-refractivity contribution in [3.8, 4) is 0 Å². The van der Waals surface area contributed by atoms with Crippen LogP contribution in [-0.4, -0.2) is 46.1 Å². The first-order valence-corrected chi connectivity index (χ1v) is 5.59. The van der Waals surface area contributed by atoms with Gasteiger partial charge in [-0.1, -0.05) is 0 Å². The van der Waals surface area contributed by atoms with Gasteiger partial charge in [-0.05, 0) is 13.8 Å². The van der Waals surface area contributed by atoms with Crippen LogP contribution in [0.3, 0.4) is 0 Å². The number of carbonyl (C=O) groups is 1. The predicted octanol–water partition coefficient (Wildman–Crippen LogP) is 0.308. The normalized spacial score (nSPS) is 24.7. The third-order valence-electron chi connectivity index (χ3n) is 2.64. The van der Waals surface area contributed by atoms with Crippen LogP contribution in [0.5, 0.6) is 0 Å². The van der Waals surface area contributed by atoms with Crippen LogP contribution in [0.25, 0.3) is 0 Å². The Morgan fingerprint density at radius 3 is 2.53 bits per heavy atom. The smallest absolute Gasteiger partial charge is 0.276 e. The second kappa shape index (κ2) is 4.67. The minimum Gasteiger partial charge on any atom is -0.382 e. The summed E-state index contributed by atoms with van der Waals surface area (Å²) in [6, 6.07) is 0. The summed E-state index contributed by atoms with van der Waals surface area (Å²) in [4.78, 5) is 21.8. The number of aromatic nitrogens is 2. The molecule has 17 heavy (non-hydrogen) atoms. The predicted molar refractivity (Wildman–Crippen MR) is 62.4 cm³/mol. The van der Waals surface area contributed by atoms with Crippen LogP contribution in [0.15, 0.2) is 12.4 Å². The van der Waals surface area contributed by atoms with Gasteiger partial charge in [-0.15, -0.1) is 0 Å². The highest BCUT2D eigenvalue weighted by molar-refractivity contribution is 5.96. The van der Waals surface area contributed by atoms with Gasteiger partial charge in [0.15, 0.2) is 11.5 Å². The first kappa shape index (κ1) is 11.8. The summed E-state index contributed by atoms with van der Waals surface area (Å²) >= 11 is 0. The van der Waals surface area contributed by atoms with Gasteiger partial charge in [0.2, 0.25) is 0 Å². The topological polar surface area (TPSA) is 81.3 Å². The van der Waals surface area contributed by atoms with Crippen molar-refractivity contribution in [3.63, 3.8) is 0 Å². The van der Waals surface area contributed by atoms with Crippen molar-refractivity contribution in [1.82, 2.24) is 14.9 Å². The van der Waals surface area contributed by atoms with Crippen LogP contribution in [0.2, 0.25) is 0 Å². The number of morpholine rings is 1. The van der Waals surface area contributed by atoms with E-state index in [1.807, 2.05) is 13.8 Å². The number of carbonyl (C=O) groups excluding carboxylic acids is 1. The van der Waals surface area contributed by atoms with Gasteiger partial charge < -0.3 is 15.4 Å². The molecule has 6 nitrogen and oxygen atoms in total. The molecule has 0 spiro atoms. The Kier molecular flexibility index (Phi) is 3.23. The van der Waals surface area contributed by atoms with Crippen LogP contribution < -0.4 is 5.73 Å². The fourth-order valence-electron chi connectivity index (χ4n) is 2.01. The summed E-state index contributed by atoms with van der Waals surface area (Å²) in [6.07, 6.45) is 2.99. The minimum absolute atomic E-state index is 0.0283. The number of nitrogens with two attached hydrogens (primary N) is 1. The van der Waals surface area contributed by atoms with Crippen molar-refractivity contribution < 1.29 is 9.53 Å². The number of hydrogen-bond acceptors (Lipinski definition) is 5. The quantitative estimate of drug-likeness (QED) is 0.758. The monoisotopic (exact) mass is 236 g/mol. The Morgan fingerprint density at radius 1 is 1.35 bits per heavy atom. The number of rotatable bonds is 1. The molecule has 0 saturated carbocycles. The Balaban J connectivity index is 2.17. The van der Waals surface area contributed by atoms with Gasteiger partial charge in [0.1, 0.15) is 0 Å². The number of ether oxygens (including phenoxy) is 1. The zero-order valence-corrected chi connectivity index (χ0v) is 9.96. The SMILES string of the molecule is C[C@@H]1CN(C(=O)c2nccnc2N)C[C@H](C)O1. The van der Waals surface area contributed by atoms with Crippen molar-refractivity contribution in [1.29, 1.82) is 0 Å². The van der Waals surface area contributed by atoms with Gasteiger partial charge in [-0.2, -0.15) is 0 Å². The summed E-state index contributed by atoms with van der Waals surface area (Å²) in [5, 5.41) is 0. The molecule has 0 radical (unpaired) electrons. The lowest BCUT2D eigenvalue weighted by Crippen LogP contribution is -2.48. The van der Waals surface area contributed by atoms with Gasteiger partial charge >= 0.3 is 0 Å². The van der Waals surface area contributed by atoms with Crippen LogP contribution in [0.4, 0.5) is 5.82 Å². The molecule has 1 saturated heterocycles. The fraction of sp³-hybridized carbons (Fsp3) is 0.545. The van der Waals surface area contributed by atoms with E-state index in [1.165, 1.54) is 12.4 Å². The van der Waals surface area contributed by atoms with Crippen molar-refractivity contribution in [3.05, 3.63) is 18.1 Å². The van der Waals surface area contributed by atoms with Crippen molar-refractivity contribution in [2.24, 2.45) is 0 Å². The molecule has 0 aliphatic carbocycles. The highest BCUT2D eigenvalue weighted by Gasteiger charge is 2.28. The van der Waals surface area contributed by atoms with Crippen LogP contribution in [0, 0.1) is 0 Å². The third kappa shape index (κ3) is 2.52. The maximum atomic E-state index is 12.2. The number of anilines is 1. The van der Waals surface area contributed by atoms with E-state index < -0.39 is 0 Å². The molecule has 1 aromatic rings. The van der Waals surface area contributed by atoms with E-state index in [2.05, 4.69) is 9.97 Å². The molecule has 2 atom stereocenters. The van der Waals surface area contributed by atoms with Gasteiger partial charge in [-0.25, -0.2) is 9.97 Å². The Hall–Kier alpha value is -1.69. The highest BCUT2D eigenvalue weighted by atomic mass is 16.5. The van der Waals surface area contributed by atoms with Crippen molar-refractivity contribution >= 4 is 11.7 Å². The van der Waals surface area contributed by atoms with Crippen LogP contribution in [-0.2, 0) is 4.74 Å². The maximum Gasteiger partial charge on any atom is 0.276 e. The van der Waals surface area contributed by atoms with E-state index >= 15 is 0 Å². The van der Waals surface area contributed by atoms with Crippen LogP contribution in [0.1, 0.15) is 24.3 Å². The molecule has 1 aromatic heterocycles. The molecule has 0 aromatic carbocycles. The lowest BCUT2D eigenvalue weighted by molar-refractivity contribution is -0.0587. The van der Waals surface area contributed by atoms with Crippen LogP contribution >= 0.6 is 0 Å². The molecule has 92 valence electrons. The van der Waals surface area contributed by atoms with E-state index in [0.29, 0.717) is 13.1 Å². The second-order valence-electron chi connectivity index (χ2n) is 4.26. The number of hydrogen-bond donors (Lipinski definition) is 1. The Morgan fingerprint density at radius 2 is 1.94 bits per heavy atom. The first-order chi connectivity index (χ1) is 8.08. The average molecular weight is 236 g/mol. The molecule has 2 rings (SSSR count). The van der Waals surface area contributed by atoms with Gasteiger partial charge in [0.05, 0.1) is 12.2 Å². The molecule has 6 heteroatoms. The number of nitrogen functional groups attached to an aromatic ring is 1. The standard InChI is InChI=1S/C11H16N4O2/c1-7-5-15(6-8(2)17-7)11(16)9-10(12)14-4-3-13-9/h3-4,7-8H,5-6H2,1-2H3,(H2,12,14)/t7-,8+. The van der Waals surface area contributed by atoms with Crippen molar-refractivity contribution in [2.75, 3.05) is 18.8 Å². The molecule has 2 N–H and O–H groups in total. The Bertz CT molecular complexity index is 414. The molecule has 1 aliphatic rings. The molecule has 1 amide bonds. The molecular weight excluding hydrogens is 220 g/mol. The number of amides is 1. The van der Waals surface area contributed by atoms with Gasteiger partial charge in [-0.3, -0.25) is 4.79 Å². The summed E-state index contributed by atoms with van der Waals surface area (Å²) in [5.74, 6) is -0.0121. The third-order valence-corrected chi connectivity index (χ3v) is 2.64. The zero-order valence-electron chi connectivity index (χ0n) is 9.96. The van der Waals surface area contributed by atoms with E-state index in [9.17, 15) is 4.79 Å². The second-order valence-corrected chi connectivity index (χ2v) is 4.26. The average Bonchev–Trinajstić information content (AvgIpc) is 2.27.